The fraction of sp³-hybridized carbons (Fsp3) is 0.409. The molecular weight excluding hydrogens is 416 g/mol. The molecule has 9 heteroatoms. The molecule has 1 atom stereocenters. The first-order valence-electron chi connectivity index (χ1n) is 10.4. The van der Waals surface area contributed by atoms with Gasteiger partial charge in [0.2, 0.25) is 0 Å². The zero-order valence-electron chi connectivity index (χ0n) is 17.4. The highest BCUT2D eigenvalue weighted by atomic mass is 32.1. The molecule has 1 aliphatic heterocycles. The number of fused-ring (bicyclic) bond motifs is 2. The number of amides is 2. The number of carbonyl (C=O) groups excluding carboxylic acids is 2. The van der Waals surface area contributed by atoms with Gasteiger partial charge in [-0.3, -0.25) is 9.59 Å². The average Bonchev–Trinajstić information content (AvgIpc) is 3.33. The number of nitriles is 1. The van der Waals surface area contributed by atoms with Gasteiger partial charge in [-0.2, -0.15) is 5.26 Å². The zero-order chi connectivity index (χ0) is 21.8. The van der Waals surface area contributed by atoms with E-state index in [4.69, 9.17) is 9.47 Å². The van der Waals surface area contributed by atoms with E-state index in [-0.39, 0.29) is 24.9 Å². The van der Waals surface area contributed by atoms with Crippen molar-refractivity contribution in [3.05, 3.63) is 34.2 Å². The second-order valence-corrected chi connectivity index (χ2v) is 8.69. The minimum absolute atomic E-state index is 0.151. The van der Waals surface area contributed by atoms with Gasteiger partial charge in [-0.15, -0.1) is 11.3 Å². The summed E-state index contributed by atoms with van der Waals surface area (Å²) in [5.74, 6) is 0.895. The first-order chi connectivity index (χ1) is 15.1. The molecule has 2 aromatic rings. The summed E-state index contributed by atoms with van der Waals surface area (Å²) in [6, 6.07) is 7.51. The van der Waals surface area contributed by atoms with Crippen molar-refractivity contribution in [2.24, 2.45) is 0 Å². The Morgan fingerprint density at radius 1 is 1.13 bits per heavy atom. The van der Waals surface area contributed by atoms with Crippen LogP contribution in [0.4, 0.5) is 10.7 Å². The Morgan fingerprint density at radius 2 is 1.87 bits per heavy atom. The number of anilines is 2. The van der Waals surface area contributed by atoms with Gasteiger partial charge in [0.05, 0.1) is 12.1 Å². The summed E-state index contributed by atoms with van der Waals surface area (Å²) in [7, 11) is 0. The van der Waals surface area contributed by atoms with Gasteiger partial charge in [-0.25, -0.2) is 0 Å². The molecule has 0 fully saturated rings. The van der Waals surface area contributed by atoms with E-state index in [2.05, 4.69) is 16.7 Å². The molecule has 1 unspecified atom stereocenters. The summed E-state index contributed by atoms with van der Waals surface area (Å²) >= 11 is 1.50. The number of likely N-dealkylation sites (N-methyl/N-ethyl adjacent to an activating group) is 1. The highest BCUT2D eigenvalue weighted by Gasteiger charge is 2.24. The number of hydrogen-bond acceptors (Lipinski definition) is 6. The number of ether oxygens (including phenoxy) is 2. The molecule has 0 saturated heterocycles. The lowest BCUT2D eigenvalue weighted by molar-refractivity contribution is -0.881. The van der Waals surface area contributed by atoms with Gasteiger partial charge in [0.25, 0.3) is 11.8 Å². The van der Waals surface area contributed by atoms with Crippen LogP contribution in [0, 0.1) is 11.3 Å². The third-order valence-corrected chi connectivity index (χ3v) is 6.64. The second kappa shape index (κ2) is 9.37. The summed E-state index contributed by atoms with van der Waals surface area (Å²) in [6.07, 6.45) is 2.93. The van der Waals surface area contributed by atoms with Gasteiger partial charge in [-0.05, 0) is 43.9 Å². The molecule has 3 N–H and O–H groups in total. The number of carbonyl (C=O) groups is 2. The van der Waals surface area contributed by atoms with Gasteiger partial charge in [0.1, 0.15) is 24.3 Å². The van der Waals surface area contributed by atoms with Crippen LogP contribution in [0.2, 0.25) is 0 Å². The third-order valence-electron chi connectivity index (χ3n) is 5.43. The van der Waals surface area contributed by atoms with Crippen molar-refractivity contribution in [2.45, 2.75) is 26.2 Å². The maximum absolute atomic E-state index is 12.6. The number of thiophene rings is 1. The van der Waals surface area contributed by atoms with E-state index in [1.165, 1.54) is 16.2 Å². The number of hydrogen-bond donors (Lipinski definition) is 3. The van der Waals surface area contributed by atoms with Crippen LogP contribution in [-0.2, 0) is 22.4 Å². The van der Waals surface area contributed by atoms with Crippen LogP contribution in [0.25, 0.3) is 0 Å². The van der Waals surface area contributed by atoms with Crippen molar-refractivity contribution in [1.29, 1.82) is 5.26 Å². The van der Waals surface area contributed by atoms with E-state index in [0.29, 0.717) is 47.5 Å². The zero-order valence-corrected chi connectivity index (χ0v) is 18.2. The minimum Gasteiger partial charge on any atom is -0.486 e. The lowest BCUT2D eigenvalue weighted by atomic mass is 10.1. The molecular formula is C22H25N4O4S+. The largest absolute Gasteiger partial charge is 0.486 e. The van der Waals surface area contributed by atoms with Crippen LogP contribution in [-0.4, -0.2) is 44.7 Å². The normalized spacial score (nSPS) is 15.0. The molecule has 8 nitrogen and oxygen atoms in total. The highest BCUT2D eigenvalue weighted by Crippen LogP contribution is 2.38. The van der Waals surface area contributed by atoms with Gasteiger partial charge >= 0.3 is 0 Å². The van der Waals surface area contributed by atoms with E-state index >= 15 is 0 Å². The summed E-state index contributed by atoms with van der Waals surface area (Å²) in [5, 5.41) is 15.9. The summed E-state index contributed by atoms with van der Waals surface area (Å²) in [4.78, 5) is 27.1. The van der Waals surface area contributed by atoms with Crippen molar-refractivity contribution < 1.29 is 24.0 Å². The Labute approximate surface area is 184 Å². The van der Waals surface area contributed by atoms with Gasteiger partial charge in [-0.1, -0.05) is 0 Å². The SMILES string of the molecule is CC[NH+](CC(=O)Nc1ccc2c(c1)OCCO2)CC(=O)Nc1sc2c(c1C#N)CCC2. The molecule has 31 heavy (non-hydrogen) atoms. The van der Waals surface area contributed by atoms with Gasteiger partial charge < -0.3 is 25.0 Å². The Balaban J connectivity index is 1.32. The predicted octanol–water partition coefficient (Wildman–Crippen LogP) is 1.36. The topological polar surface area (TPSA) is 105 Å². The monoisotopic (exact) mass is 441 g/mol. The number of nitrogens with one attached hydrogen (secondary N) is 3. The molecule has 1 aromatic carbocycles. The van der Waals surface area contributed by atoms with E-state index in [1.807, 2.05) is 6.92 Å². The van der Waals surface area contributed by atoms with Crippen molar-refractivity contribution in [3.63, 3.8) is 0 Å². The second-order valence-electron chi connectivity index (χ2n) is 7.59. The fourth-order valence-electron chi connectivity index (χ4n) is 3.87. The maximum atomic E-state index is 12.6. The van der Waals surface area contributed by atoms with Gasteiger partial charge in [0.15, 0.2) is 24.6 Å². The molecule has 0 radical (unpaired) electrons. The van der Waals surface area contributed by atoms with Gasteiger partial charge in [0, 0.05) is 16.6 Å². The van der Waals surface area contributed by atoms with Crippen molar-refractivity contribution in [1.82, 2.24) is 0 Å². The minimum atomic E-state index is -0.194. The molecule has 0 spiro atoms. The molecule has 2 aliphatic rings. The predicted molar refractivity (Wildman–Crippen MR) is 117 cm³/mol. The summed E-state index contributed by atoms with van der Waals surface area (Å²) in [6.45, 7) is 3.85. The number of aryl methyl sites for hydroxylation is 1. The maximum Gasteiger partial charge on any atom is 0.280 e. The summed E-state index contributed by atoms with van der Waals surface area (Å²) in [5.41, 5.74) is 2.31. The van der Waals surface area contributed by atoms with Crippen LogP contribution in [0.5, 0.6) is 11.5 Å². The Bertz CT molecular complexity index is 1040. The quantitative estimate of drug-likeness (QED) is 0.602. The van der Waals surface area contributed by atoms with E-state index in [9.17, 15) is 14.9 Å². The molecule has 2 heterocycles. The molecule has 1 aromatic heterocycles. The van der Waals surface area contributed by atoms with Crippen LogP contribution < -0.4 is 25.0 Å². The average molecular weight is 442 g/mol. The number of quaternary nitrogens is 1. The van der Waals surface area contributed by atoms with Crippen LogP contribution >= 0.6 is 11.3 Å². The van der Waals surface area contributed by atoms with E-state index < -0.39 is 0 Å². The Hall–Kier alpha value is -3.09. The first-order valence-corrected chi connectivity index (χ1v) is 11.3. The van der Waals surface area contributed by atoms with Crippen LogP contribution in [0.1, 0.15) is 29.3 Å². The van der Waals surface area contributed by atoms with Crippen molar-refractivity contribution in [3.8, 4) is 17.6 Å². The molecule has 2 amide bonds. The highest BCUT2D eigenvalue weighted by molar-refractivity contribution is 7.16. The molecule has 4 rings (SSSR count). The number of rotatable bonds is 7. The lowest BCUT2D eigenvalue weighted by Gasteiger charge is -2.19. The first kappa shape index (κ1) is 21.2. The van der Waals surface area contributed by atoms with E-state index in [1.54, 1.807) is 18.2 Å². The lowest BCUT2D eigenvalue weighted by Crippen LogP contribution is -3.13. The smallest absolute Gasteiger partial charge is 0.280 e. The van der Waals surface area contributed by atoms with E-state index in [0.717, 1.165) is 29.7 Å². The fourth-order valence-corrected chi connectivity index (χ4v) is 5.13. The van der Waals surface area contributed by atoms with Crippen LogP contribution in [0.15, 0.2) is 18.2 Å². The van der Waals surface area contributed by atoms with Crippen molar-refractivity contribution >= 4 is 33.8 Å². The van der Waals surface area contributed by atoms with Crippen molar-refractivity contribution in [2.75, 3.05) is 43.5 Å². The molecule has 162 valence electrons. The third kappa shape index (κ3) is 4.81. The molecule has 1 aliphatic carbocycles. The molecule has 0 saturated carbocycles. The number of nitrogens with zero attached hydrogens (tertiary/aromatic N) is 1. The Kier molecular flexibility index (Phi) is 6.39. The number of benzene rings is 1. The van der Waals surface area contributed by atoms with Crippen LogP contribution in [0.3, 0.4) is 0 Å². The molecule has 0 bridgehead atoms. The Morgan fingerprint density at radius 3 is 2.61 bits per heavy atom. The standard InChI is InChI=1S/C22H24N4O4S/c1-2-26(12-20(27)24-14-6-7-17-18(10-14)30-9-8-29-17)13-21(28)25-22-16(11-23)15-4-3-5-19(15)31-22/h6-7,10H,2-5,8-9,12-13H2,1H3,(H,24,27)(H,25,28)/p+1. The summed E-state index contributed by atoms with van der Waals surface area (Å²) < 4.78 is 11.0.